The van der Waals surface area contributed by atoms with Crippen molar-refractivity contribution in [2.75, 3.05) is 13.2 Å². The zero-order valence-corrected chi connectivity index (χ0v) is 14.2. The predicted octanol–water partition coefficient (Wildman–Crippen LogP) is 3.93. The summed E-state index contributed by atoms with van der Waals surface area (Å²) >= 11 is 0. The van der Waals surface area contributed by atoms with Crippen molar-refractivity contribution < 1.29 is 14.3 Å². The van der Waals surface area contributed by atoms with Crippen LogP contribution in [0.25, 0.3) is 0 Å². The van der Waals surface area contributed by atoms with E-state index in [0.717, 1.165) is 6.61 Å². The van der Waals surface area contributed by atoms with Crippen LogP contribution in [0.1, 0.15) is 44.0 Å². The van der Waals surface area contributed by atoms with Gasteiger partial charge in [0.25, 0.3) is 0 Å². The van der Waals surface area contributed by atoms with Gasteiger partial charge in [0.1, 0.15) is 0 Å². The van der Waals surface area contributed by atoms with Crippen LogP contribution in [0.2, 0.25) is 0 Å². The van der Waals surface area contributed by atoms with E-state index in [4.69, 9.17) is 9.47 Å². The number of ether oxygens (including phenoxy) is 2. The van der Waals surface area contributed by atoms with Crippen LogP contribution in [-0.4, -0.2) is 25.3 Å². The summed E-state index contributed by atoms with van der Waals surface area (Å²) in [5.74, 6) is 1.46. The molecule has 1 aliphatic heterocycles. The molecule has 3 fully saturated rings. The number of fused-ring (bicyclic) bond motifs is 1. The minimum Gasteiger partial charge on any atom is -0.462 e. The molecular formula is C20H26O3. The molecule has 124 valence electrons. The highest BCUT2D eigenvalue weighted by Gasteiger charge is 2.75. The minimum atomic E-state index is -0.222. The molecule has 1 heterocycles. The molecule has 1 saturated heterocycles. The van der Waals surface area contributed by atoms with Crippen molar-refractivity contribution >= 4 is 5.97 Å². The summed E-state index contributed by atoms with van der Waals surface area (Å²) in [5, 5.41) is 0. The molecular weight excluding hydrogens is 288 g/mol. The second kappa shape index (κ2) is 5.07. The SMILES string of the molecule is CC1(C)CC[C@H]2OC[C@@H](COC(=O)c3ccccc3)[C@@H]3[C@H]1C32C. The number of carbonyl (C=O) groups excluding carboxylic acids is 1. The van der Waals surface area contributed by atoms with Gasteiger partial charge in [-0.15, -0.1) is 0 Å². The lowest BCUT2D eigenvalue weighted by Gasteiger charge is -2.39. The fraction of sp³-hybridized carbons (Fsp3) is 0.650. The van der Waals surface area contributed by atoms with Crippen molar-refractivity contribution in [3.63, 3.8) is 0 Å². The molecule has 1 aromatic carbocycles. The average molecular weight is 314 g/mol. The maximum atomic E-state index is 12.2. The van der Waals surface area contributed by atoms with E-state index < -0.39 is 0 Å². The Bertz CT molecular complexity index is 609. The molecule has 4 rings (SSSR count). The molecule has 0 aromatic heterocycles. The smallest absolute Gasteiger partial charge is 0.338 e. The lowest BCUT2D eigenvalue weighted by molar-refractivity contribution is -0.0865. The van der Waals surface area contributed by atoms with E-state index in [-0.39, 0.29) is 5.97 Å². The van der Waals surface area contributed by atoms with Gasteiger partial charge in [-0.25, -0.2) is 4.79 Å². The molecule has 3 nitrogen and oxygen atoms in total. The second-order valence-corrected chi connectivity index (χ2v) is 8.44. The summed E-state index contributed by atoms with van der Waals surface area (Å²) in [7, 11) is 0. The molecule has 0 bridgehead atoms. The average Bonchev–Trinajstić information content (AvgIpc) is 3.19. The Morgan fingerprint density at radius 3 is 2.74 bits per heavy atom. The molecule has 1 aromatic rings. The van der Waals surface area contributed by atoms with E-state index in [1.165, 1.54) is 12.8 Å². The molecule has 0 radical (unpaired) electrons. The first-order chi connectivity index (χ1) is 10.9. The zero-order chi connectivity index (χ0) is 16.2. The summed E-state index contributed by atoms with van der Waals surface area (Å²) in [4.78, 5) is 12.2. The van der Waals surface area contributed by atoms with Crippen molar-refractivity contribution in [1.82, 2.24) is 0 Å². The third-order valence-electron chi connectivity index (χ3n) is 6.68. The summed E-state index contributed by atoms with van der Waals surface area (Å²) in [6, 6.07) is 9.24. The molecule has 0 N–H and O–H groups in total. The zero-order valence-electron chi connectivity index (χ0n) is 14.2. The fourth-order valence-corrected chi connectivity index (χ4v) is 5.66. The molecule has 2 saturated carbocycles. The number of benzene rings is 1. The first-order valence-electron chi connectivity index (χ1n) is 8.78. The quantitative estimate of drug-likeness (QED) is 0.793. The third-order valence-corrected chi connectivity index (χ3v) is 6.68. The summed E-state index contributed by atoms with van der Waals surface area (Å²) in [6.07, 6.45) is 2.82. The van der Waals surface area contributed by atoms with Crippen LogP contribution < -0.4 is 0 Å². The van der Waals surface area contributed by atoms with Crippen molar-refractivity contribution in [3.8, 4) is 0 Å². The van der Waals surface area contributed by atoms with Crippen LogP contribution >= 0.6 is 0 Å². The number of rotatable bonds is 3. The number of esters is 1. The monoisotopic (exact) mass is 314 g/mol. The number of hydrogen-bond acceptors (Lipinski definition) is 3. The van der Waals surface area contributed by atoms with Gasteiger partial charge in [-0.1, -0.05) is 39.0 Å². The highest BCUT2D eigenvalue weighted by Crippen LogP contribution is 2.76. The predicted molar refractivity (Wildman–Crippen MR) is 88.1 cm³/mol. The summed E-state index contributed by atoms with van der Waals surface area (Å²) in [6.45, 7) is 8.39. The first-order valence-corrected chi connectivity index (χ1v) is 8.78. The van der Waals surface area contributed by atoms with Crippen molar-refractivity contribution in [2.24, 2.45) is 28.6 Å². The van der Waals surface area contributed by atoms with Gasteiger partial charge in [0.05, 0.1) is 24.9 Å². The lowest BCUT2D eigenvalue weighted by atomic mass is 9.71. The summed E-state index contributed by atoms with van der Waals surface area (Å²) in [5.41, 5.74) is 1.30. The van der Waals surface area contributed by atoms with Gasteiger partial charge in [0, 0.05) is 11.3 Å². The summed E-state index contributed by atoms with van der Waals surface area (Å²) < 4.78 is 11.8. The van der Waals surface area contributed by atoms with Gasteiger partial charge in [0.2, 0.25) is 0 Å². The van der Waals surface area contributed by atoms with Gasteiger partial charge in [-0.2, -0.15) is 0 Å². The molecule has 5 atom stereocenters. The van der Waals surface area contributed by atoms with E-state index in [0.29, 0.717) is 46.9 Å². The van der Waals surface area contributed by atoms with E-state index in [9.17, 15) is 4.79 Å². The van der Waals surface area contributed by atoms with Crippen LogP contribution in [0.3, 0.4) is 0 Å². The molecule has 0 spiro atoms. The van der Waals surface area contributed by atoms with Gasteiger partial charge in [-0.3, -0.25) is 0 Å². The van der Waals surface area contributed by atoms with E-state index >= 15 is 0 Å². The highest BCUT2D eigenvalue weighted by atomic mass is 16.5. The molecule has 0 amide bonds. The van der Waals surface area contributed by atoms with Gasteiger partial charge >= 0.3 is 5.97 Å². The maximum absolute atomic E-state index is 12.2. The molecule has 23 heavy (non-hydrogen) atoms. The molecule has 3 heteroatoms. The Labute approximate surface area is 138 Å². The Hall–Kier alpha value is -1.35. The van der Waals surface area contributed by atoms with Crippen molar-refractivity contribution in [2.45, 2.75) is 39.7 Å². The van der Waals surface area contributed by atoms with Gasteiger partial charge < -0.3 is 9.47 Å². The van der Waals surface area contributed by atoms with Gasteiger partial charge in [-0.05, 0) is 42.2 Å². The third kappa shape index (κ3) is 2.24. The van der Waals surface area contributed by atoms with Gasteiger partial charge in [0.15, 0.2) is 0 Å². The largest absolute Gasteiger partial charge is 0.462 e. The lowest BCUT2D eigenvalue weighted by Crippen LogP contribution is -2.39. The maximum Gasteiger partial charge on any atom is 0.338 e. The van der Waals surface area contributed by atoms with Crippen molar-refractivity contribution in [1.29, 1.82) is 0 Å². The van der Waals surface area contributed by atoms with E-state index in [1.54, 1.807) is 12.1 Å². The topological polar surface area (TPSA) is 35.5 Å². The molecule has 1 unspecified atom stereocenters. The van der Waals surface area contributed by atoms with Crippen LogP contribution in [0.4, 0.5) is 0 Å². The fourth-order valence-electron chi connectivity index (χ4n) is 5.66. The van der Waals surface area contributed by atoms with E-state index in [1.807, 2.05) is 18.2 Å². The molecule has 3 aliphatic rings. The normalized spacial score (nSPS) is 40.1. The number of carbonyl (C=O) groups is 1. The van der Waals surface area contributed by atoms with Crippen LogP contribution in [0.5, 0.6) is 0 Å². The van der Waals surface area contributed by atoms with E-state index in [2.05, 4.69) is 20.8 Å². The number of hydrogen-bond donors (Lipinski definition) is 0. The first kappa shape index (κ1) is 15.2. The standard InChI is InChI=1S/C20H26O3/c1-19(2)10-9-15-20(3)16(17(19)20)14(11-22-15)12-23-18(21)13-7-5-4-6-8-13/h4-8,14-17H,9-12H2,1-3H3/t14-,15+,16+,17+,20?/m0/s1. The Morgan fingerprint density at radius 2 is 2.00 bits per heavy atom. The minimum absolute atomic E-state index is 0.222. The second-order valence-electron chi connectivity index (χ2n) is 8.44. The van der Waals surface area contributed by atoms with Crippen LogP contribution in [-0.2, 0) is 9.47 Å². The Morgan fingerprint density at radius 1 is 1.26 bits per heavy atom. The Kier molecular flexibility index (Phi) is 3.35. The Balaban J connectivity index is 1.44. The molecule has 2 aliphatic carbocycles. The van der Waals surface area contributed by atoms with Crippen LogP contribution in [0, 0.1) is 28.6 Å². The highest BCUT2D eigenvalue weighted by molar-refractivity contribution is 5.89. The van der Waals surface area contributed by atoms with Crippen molar-refractivity contribution in [3.05, 3.63) is 35.9 Å². The van der Waals surface area contributed by atoms with Crippen LogP contribution in [0.15, 0.2) is 30.3 Å².